The molecule has 0 saturated heterocycles. The van der Waals surface area contributed by atoms with Crippen LogP contribution in [0.25, 0.3) is 0 Å². The highest BCUT2D eigenvalue weighted by molar-refractivity contribution is 9.09. The van der Waals surface area contributed by atoms with Gasteiger partial charge in [0.15, 0.2) is 0 Å². The second kappa shape index (κ2) is 3.58. The fourth-order valence-electron chi connectivity index (χ4n) is 1.64. The summed E-state index contributed by atoms with van der Waals surface area (Å²) in [5, 5.41) is 1.50. The number of rotatable bonds is 2. The van der Waals surface area contributed by atoms with Crippen LogP contribution in [-0.4, -0.2) is 5.33 Å². The van der Waals surface area contributed by atoms with Gasteiger partial charge in [0.2, 0.25) is 0 Å². The highest BCUT2D eigenvalue weighted by Gasteiger charge is 2.39. The molecule has 70 valence electrons. The lowest BCUT2D eigenvalue weighted by molar-refractivity contribution is 0.608. The van der Waals surface area contributed by atoms with Crippen LogP contribution < -0.4 is 0 Å². The second-order valence-electron chi connectivity index (χ2n) is 3.39. The van der Waals surface area contributed by atoms with Crippen LogP contribution in [0.3, 0.4) is 0 Å². The molecule has 1 saturated carbocycles. The van der Waals surface area contributed by atoms with E-state index in [1.807, 2.05) is 0 Å². The van der Waals surface area contributed by atoms with Crippen LogP contribution in [0.1, 0.15) is 17.9 Å². The maximum Gasteiger partial charge on any atom is 0.128 e. The summed E-state index contributed by atoms with van der Waals surface area (Å²) in [6.07, 6.45) is 1.05. The van der Waals surface area contributed by atoms with Crippen molar-refractivity contribution in [3.63, 3.8) is 0 Å². The molecule has 0 N–H and O–H groups in total. The molecule has 0 bridgehead atoms. The van der Waals surface area contributed by atoms with Gasteiger partial charge in [-0.3, -0.25) is 0 Å². The van der Waals surface area contributed by atoms with Crippen LogP contribution in [0.5, 0.6) is 0 Å². The van der Waals surface area contributed by atoms with E-state index >= 15 is 0 Å². The Balaban J connectivity index is 2.30. The van der Waals surface area contributed by atoms with Crippen molar-refractivity contribution >= 4 is 27.5 Å². The zero-order valence-electron chi connectivity index (χ0n) is 6.93. The van der Waals surface area contributed by atoms with Crippen LogP contribution in [0.15, 0.2) is 18.2 Å². The molecule has 0 aliphatic heterocycles. The highest BCUT2D eigenvalue weighted by atomic mass is 79.9. The lowest BCUT2D eigenvalue weighted by Crippen LogP contribution is -1.91. The molecule has 3 heteroatoms. The molecule has 0 nitrogen and oxygen atoms in total. The van der Waals surface area contributed by atoms with Gasteiger partial charge in [0.05, 0.1) is 0 Å². The predicted octanol–water partition coefficient (Wildman–Crippen LogP) is 3.98. The van der Waals surface area contributed by atoms with Crippen LogP contribution >= 0.6 is 27.5 Å². The van der Waals surface area contributed by atoms with Crippen LogP contribution in [-0.2, 0) is 0 Å². The van der Waals surface area contributed by atoms with Gasteiger partial charge in [-0.1, -0.05) is 33.6 Å². The zero-order valence-corrected chi connectivity index (χ0v) is 9.28. The average Bonchev–Trinajstić information content (AvgIpc) is 2.83. The number of alkyl halides is 1. The van der Waals surface area contributed by atoms with Crippen molar-refractivity contribution in [2.45, 2.75) is 12.3 Å². The first kappa shape index (κ1) is 9.47. The van der Waals surface area contributed by atoms with Crippen LogP contribution in [0.2, 0.25) is 5.02 Å². The molecule has 2 atom stereocenters. The van der Waals surface area contributed by atoms with Crippen molar-refractivity contribution in [1.82, 2.24) is 0 Å². The van der Waals surface area contributed by atoms with E-state index in [0.29, 0.717) is 22.4 Å². The molecule has 1 fully saturated rings. The normalized spacial score (nSPS) is 26.1. The van der Waals surface area contributed by atoms with Crippen molar-refractivity contribution < 1.29 is 4.39 Å². The first-order valence-electron chi connectivity index (χ1n) is 4.24. The lowest BCUT2D eigenvalue weighted by Gasteiger charge is -2.03. The smallest absolute Gasteiger partial charge is 0.128 e. The Morgan fingerprint density at radius 1 is 1.54 bits per heavy atom. The Kier molecular flexibility index (Phi) is 2.61. The highest BCUT2D eigenvalue weighted by Crippen LogP contribution is 2.51. The molecular weight excluding hydrogens is 254 g/mol. The molecule has 1 aliphatic rings. The molecule has 13 heavy (non-hydrogen) atoms. The number of halogens is 3. The maximum atomic E-state index is 13.4. The summed E-state index contributed by atoms with van der Waals surface area (Å²) in [4.78, 5) is 0. The Hall–Kier alpha value is -0.0800. The molecule has 0 amide bonds. The van der Waals surface area contributed by atoms with Gasteiger partial charge in [0.1, 0.15) is 5.82 Å². The third-order valence-corrected chi connectivity index (χ3v) is 3.65. The molecule has 0 heterocycles. The molecule has 1 aromatic rings. The van der Waals surface area contributed by atoms with Crippen molar-refractivity contribution in [2.75, 3.05) is 5.33 Å². The summed E-state index contributed by atoms with van der Waals surface area (Å²) in [5.74, 6) is 0.725. The number of hydrogen-bond donors (Lipinski definition) is 0. The van der Waals surface area contributed by atoms with Gasteiger partial charge >= 0.3 is 0 Å². The van der Waals surface area contributed by atoms with E-state index in [1.165, 1.54) is 6.07 Å². The van der Waals surface area contributed by atoms with Gasteiger partial charge in [-0.15, -0.1) is 0 Å². The third-order valence-electron chi connectivity index (χ3n) is 2.49. The average molecular weight is 264 g/mol. The summed E-state index contributed by atoms with van der Waals surface area (Å²) >= 11 is 9.33. The molecule has 1 aromatic carbocycles. The van der Waals surface area contributed by atoms with Gasteiger partial charge in [-0.05, 0) is 30.4 Å². The minimum atomic E-state index is -0.166. The standard InChI is InChI=1S/C10H9BrClF/c11-5-6-4-7(6)10-8(12)2-1-3-9(10)13/h1-3,6-7H,4-5H2. The van der Waals surface area contributed by atoms with Crippen molar-refractivity contribution in [3.05, 3.63) is 34.6 Å². The predicted molar refractivity (Wildman–Crippen MR) is 56.1 cm³/mol. The van der Waals surface area contributed by atoms with Crippen LogP contribution in [0.4, 0.5) is 4.39 Å². The van der Waals surface area contributed by atoms with E-state index in [4.69, 9.17) is 11.6 Å². The third kappa shape index (κ3) is 1.75. The van der Waals surface area contributed by atoms with Gasteiger partial charge < -0.3 is 0 Å². The van der Waals surface area contributed by atoms with E-state index in [-0.39, 0.29) is 5.82 Å². The minimum absolute atomic E-state index is 0.166. The SMILES string of the molecule is Fc1cccc(Cl)c1C1CC1CBr. The Morgan fingerprint density at radius 2 is 2.31 bits per heavy atom. The van der Waals surface area contributed by atoms with E-state index in [1.54, 1.807) is 12.1 Å². The summed E-state index contributed by atoms with van der Waals surface area (Å²) in [7, 11) is 0. The van der Waals surface area contributed by atoms with E-state index in [2.05, 4.69) is 15.9 Å². The Morgan fingerprint density at radius 3 is 2.85 bits per heavy atom. The Labute approximate surface area is 90.2 Å². The van der Waals surface area contributed by atoms with Crippen molar-refractivity contribution in [1.29, 1.82) is 0 Å². The fourth-order valence-corrected chi connectivity index (χ4v) is 2.66. The molecule has 2 rings (SSSR count). The monoisotopic (exact) mass is 262 g/mol. The number of benzene rings is 1. The first-order chi connectivity index (χ1) is 6.24. The first-order valence-corrected chi connectivity index (χ1v) is 5.74. The van der Waals surface area contributed by atoms with Crippen molar-refractivity contribution in [3.8, 4) is 0 Å². The fraction of sp³-hybridized carbons (Fsp3) is 0.400. The van der Waals surface area contributed by atoms with Crippen LogP contribution in [0, 0.1) is 11.7 Å². The summed E-state index contributed by atoms with van der Waals surface area (Å²) in [6.45, 7) is 0. The molecule has 0 aromatic heterocycles. The molecule has 0 radical (unpaired) electrons. The van der Waals surface area contributed by atoms with E-state index in [0.717, 1.165) is 11.8 Å². The lowest BCUT2D eigenvalue weighted by atomic mass is 10.1. The summed E-state index contributed by atoms with van der Waals surface area (Å²) in [5.41, 5.74) is 0.702. The minimum Gasteiger partial charge on any atom is -0.207 e. The van der Waals surface area contributed by atoms with Crippen molar-refractivity contribution in [2.24, 2.45) is 5.92 Å². The van der Waals surface area contributed by atoms with Gasteiger partial charge in [0.25, 0.3) is 0 Å². The largest absolute Gasteiger partial charge is 0.207 e. The van der Waals surface area contributed by atoms with Gasteiger partial charge in [-0.25, -0.2) is 4.39 Å². The molecule has 0 spiro atoms. The summed E-state index contributed by atoms with van der Waals surface area (Å²) in [6, 6.07) is 4.88. The topological polar surface area (TPSA) is 0 Å². The quantitative estimate of drug-likeness (QED) is 0.708. The van der Waals surface area contributed by atoms with E-state index in [9.17, 15) is 4.39 Å². The van der Waals surface area contributed by atoms with Gasteiger partial charge in [-0.2, -0.15) is 0 Å². The van der Waals surface area contributed by atoms with E-state index < -0.39 is 0 Å². The second-order valence-corrected chi connectivity index (χ2v) is 4.45. The summed E-state index contributed by atoms with van der Waals surface area (Å²) < 4.78 is 13.4. The Bertz CT molecular complexity index is 306. The molecule has 1 aliphatic carbocycles. The van der Waals surface area contributed by atoms with Gasteiger partial charge in [0, 0.05) is 15.9 Å². The molecule has 2 unspecified atom stereocenters. The molecular formula is C10H9BrClF. The zero-order chi connectivity index (χ0) is 9.42. The number of hydrogen-bond acceptors (Lipinski definition) is 0. The maximum absolute atomic E-state index is 13.4.